The quantitative estimate of drug-likeness (QED) is 0.323. The van der Waals surface area contributed by atoms with Crippen LogP contribution in [0.4, 0.5) is 17.1 Å². The van der Waals surface area contributed by atoms with Gasteiger partial charge in [-0.15, -0.1) is 0 Å². The van der Waals surface area contributed by atoms with Crippen molar-refractivity contribution in [2.24, 2.45) is 4.99 Å². The van der Waals surface area contributed by atoms with E-state index in [0.29, 0.717) is 0 Å². The second-order valence-corrected chi connectivity index (χ2v) is 2.39. The van der Waals surface area contributed by atoms with Crippen LogP contribution in [0.25, 0.3) is 0 Å². The van der Waals surface area contributed by atoms with Crippen LogP contribution in [0.1, 0.15) is 0 Å². The van der Waals surface area contributed by atoms with Crippen LogP contribution in [0.3, 0.4) is 0 Å². The second kappa shape index (κ2) is 4.07. The standard InChI is InChI=1S/C7H3N3O5/c11-4-8-6-3-5(9(12)13)1-2-7(6)10(14)15/h1-3H. The van der Waals surface area contributed by atoms with Crippen molar-refractivity contribution >= 4 is 23.1 Å². The Bertz CT molecular complexity index is 478. The highest BCUT2D eigenvalue weighted by molar-refractivity contribution is 5.65. The summed E-state index contributed by atoms with van der Waals surface area (Å²) in [4.78, 5) is 32.2. The molecule has 0 heterocycles. The van der Waals surface area contributed by atoms with Crippen LogP contribution in [-0.4, -0.2) is 15.9 Å². The number of nitrogens with zero attached hydrogens (tertiary/aromatic N) is 3. The Labute approximate surface area is 82.2 Å². The summed E-state index contributed by atoms with van der Waals surface area (Å²) in [6, 6.07) is 2.71. The summed E-state index contributed by atoms with van der Waals surface area (Å²) in [6.45, 7) is 0. The Balaban J connectivity index is 3.39. The van der Waals surface area contributed by atoms with E-state index in [1.54, 1.807) is 0 Å². The lowest BCUT2D eigenvalue weighted by Gasteiger charge is -1.95. The normalized spacial score (nSPS) is 9.07. The van der Waals surface area contributed by atoms with E-state index in [1.165, 1.54) is 0 Å². The van der Waals surface area contributed by atoms with Crippen LogP contribution in [0.2, 0.25) is 0 Å². The molecule has 0 atom stereocenters. The van der Waals surface area contributed by atoms with Crippen molar-refractivity contribution in [2.45, 2.75) is 0 Å². The second-order valence-electron chi connectivity index (χ2n) is 2.39. The molecule has 0 spiro atoms. The highest BCUT2D eigenvalue weighted by atomic mass is 16.6. The van der Waals surface area contributed by atoms with Crippen molar-refractivity contribution < 1.29 is 14.6 Å². The molecule has 0 fully saturated rings. The van der Waals surface area contributed by atoms with Crippen LogP contribution in [0, 0.1) is 20.2 Å². The van der Waals surface area contributed by atoms with E-state index in [9.17, 15) is 25.0 Å². The number of benzene rings is 1. The van der Waals surface area contributed by atoms with Crippen LogP contribution >= 0.6 is 0 Å². The zero-order chi connectivity index (χ0) is 11.4. The molecule has 0 aliphatic heterocycles. The van der Waals surface area contributed by atoms with Crippen molar-refractivity contribution in [3.8, 4) is 0 Å². The van der Waals surface area contributed by atoms with E-state index >= 15 is 0 Å². The van der Waals surface area contributed by atoms with Gasteiger partial charge in [-0.2, -0.15) is 4.99 Å². The Kier molecular flexibility index (Phi) is 2.85. The number of nitro benzene ring substituents is 2. The predicted octanol–water partition coefficient (Wildman–Crippen LogP) is 1.47. The molecule has 0 aromatic heterocycles. The van der Waals surface area contributed by atoms with E-state index in [-0.39, 0.29) is 11.4 Å². The minimum Gasteiger partial charge on any atom is -0.258 e. The largest absolute Gasteiger partial charge is 0.296 e. The maximum atomic E-state index is 10.4. The number of carbonyl (C=O) groups excluding carboxylic acids is 1. The summed E-state index contributed by atoms with van der Waals surface area (Å²) >= 11 is 0. The summed E-state index contributed by atoms with van der Waals surface area (Å²) in [5.74, 6) is 0. The Morgan fingerprint density at radius 2 is 1.87 bits per heavy atom. The van der Waals surface area contributed by atoms with Crippen LogP contribution in [0.5, 0.6) is 0 Å². The summed E-state index contributed by atoms with van der Waals surface area (Å²) in [7, 11) is 0. The first kappa shape index (κ1) is 10.5. The number of nitro groups is 2. The Morgan fingerprint density at radius 3 is 2.33 bits per heavy atom. The van der Waals surface area contributed by atoms with Gasteiger partial charge in [0.15, 0.2) is 5.69 Å². The highest BCUT2D eigenvalue weighted by Crippen LogP contribution is 2.30. The molecule has 1 aromatic carbocycles. The molecule has 0 aliphatic rings. The molecule has 1 rings (SSSR count). The van der Waals surface area contributed by atoms with Gasteiger partial charge in [0.2, 0.25) is 6.08 Å². The lowest BCUT2D eigenvalue weighted by atomic mass is 10.2. The van der Waals surface area contributed by atoms with Gasteiger partial charge in [-0.1, -0.05) is 0 Å². The number of hydrogen-bond donors (Lipinski definition) is 0. The van der Waals surface area contributed by atoms with Gasteiger partial charge in [0.05, 0.1) is 9.85 Å². The topological polar surface area (TPSA) is 116 Å². The van der Waals surface area contributed by atoms with Crippen molar-refractivity contribution in [2.75, 3.05) is 0 Å². The third-order valence-corrected chi connectivity index (χ3v) is 1.53. The molecule has 76 valence electrons. The van der Waals surface area contributed by atoms with Gasteiger partial charge in [-0.05, 0) is 0 Å². The van der Waals surface area contributed by atoms with Crippen LogP contribution < -0.4 is 0 Å². The number of non-ortho nitro benzene ring substituents is 1. The van der Waals surface area contributed by atoms with Crippen LogP contribution in [-0.2, 0) is 4.79 Å². The van der Waals surface area contributed by atoms with E-state index in [2.05, 4.69) is 4.99 Å². The molecule has 8 heteroatoms. The maximum Gasteiger partial charge on any atom is 0.296 e. The molecular formula is C7H3N3O5. The zero-order valence-corrected chi connectivity index (χ0v) is 7.11. The fourth-order valence-electron chi connectivity index (χ4n) is 0.919. The number of rotatable bonds is 3. The summed E-state index contributed by atoms with van der Waals surface area (Å²) < 4.78 is 0. The molecule has 0 aliphatic carbocycles. The lowest BCUT2D eigenvalue weighted by Crippen LogP contribution is -1.91. The van der Waals surface area contributed by atoms with E-state index in [0.717, 1.165) is 24.3 Å². The van der Waals surface area contributed by atoms with Gasteiger partial charge in [-0.25, -0.2) is 4.79 Å². The molecular weight excluding hydrogens is 206 g/mol. The first-order valence-corrected chi connectivity index (χ1v) is 3.57. The van der Waals surface area contributed by atoms with E-state index in [1.807, 2.05) is 0 Å². The van der Waals surface area contributed by atoms with Gasteiger partial charge >= 0.3 is 0 Å². The number of aliphatic imine (C=N–C) groups is 1. The average molecular weight is 209 g/mol. The van der Waals surface area contributed by atoms with Gasteiger partial charge in [0, 0.05) is 18.2 Å². The number of isocyanates is 1. The molecule has 1 aromatic rings. The molecule has 0 radical (unpaired) electrons. The lowest BCUT2D eigenvalue weighted by molar-refractivity contribution is -0.388. The van der Waals surface area contributed by atoms with Crippen molar-refractivity contribution in [3.05, 3.63) is 38.4 Å². The van der Waals surface area contributed by atoms with Crippen molar-refractivity contribution in [3.63, 3.8) is 0 Å². The molecule has 15 heavy (non-hydrogen) atoms. The summed E-state index contributed by atoms with van der Waals surface area (Å²) in [5.41, 5.74) is -1.25. The minimum atomic E-state index is -0.792. The molecule has 0 amide bonds. The SMILES string of the molecule is O=C=Nc1cc([N+](=O)[O-])ccc1[N+](=O)[O-]. The fraction of sp³-hybridized carbons (Fsp3) is 0. The molecule has 0 unspecified atom stereocenters. The van der Waals surface area contributed by atoms with Gasteiger partial charge in [0.25, 0.3) is 11.4 Å². The molecule has 0 saturated heterocycles. The van der Waals surface area contributed by atoms with Gasteiger partial charge < -0.3 is 0 Å². The average Bonchev–Trinajstić information content (AvgIpc) is 2.17. The first-order valence-electron chi connectivity index (χ1n) is 3.57. The van der Waals surface area contributed by atoms with Crippen molar-refractivity contribution in [1.82, 2.24) is 0 Å². The molecule has 0 bridgehead atoms. The van der Waals surface area contributed by atoms with E-state index < -0.39 is 15.5 Å². The minimum absolute atomic E-state index is 0.380. The molecule has 0 N–H and O–H groups in total. The highest BCUT2D eigenvalue weighted by Gasteiger charge is 2.17. The van der Waals surface area contributed by atoms with E-state index in [4.69, 9.17) is 0 Å². The third-order valence-electron chi connectivity index (χ3n) is 1.53. The fourth-order valence-corrected chi connectivity index (χ4v) is 0.919. The van der Waals surface area contributed by atoms with Crippen LogP contribution in [0.15, 0.2) is 23.2 Å². The summed E-state index contributed by atoms with van der Waals surface area (Å²) in [5, 5.41) is 20.8. The zero-order valence-electron chi connectivity index (χ0n) is 7.11. The molecule has 0 saturated carbocycles. The molecule has 8 nitrogen and oxygen atoms in total. The predicted molar refractivity (Wildman–Crippen MR) is 47.5 cm³/mol. The van der Waals surface area contributed by atoms with Crippen molar-refractivity contribution in [1.29, 1.82) is 0 Å². The Hall–Kier alpha value is -2.60. The first-order chi connectivity index (χ1) is 7.06. The third kappa shape index (κ3) is 2.20. The number of hydrogen-bond acceptors (Lipinski definition) is 6. The summed E-state index contributed by atoms with van der Waals surface area (Å²) in [6.07, 6.45) is 1.09. The smallest absolute Gasteiger partial charge is 0.258 e. The van der Waals surface area contributed by atoms with Gasteiger partial charge in [-0.3, -0.25) is 20.2 Å². The maximum absolute atomic E-state index is 10.4. The van der Waals surface area contributed by atoms with Gasteiger partial charge in [0.1, 0.15) is 0 Å². The Morgan fingerprint density at radius 1 is 1.20 bits per heavy atom. The monoisotopic (exact) mass is 209 g/mol.